The molecule has 2 aromatic heterocycles. The van der Waals surface area contributed by atoms with Crippen LogP contribution in [0.2, 0.25) is 0 Å². The normalized spacial score (nSPS) is 17.8. The van der Waals surface area contributed by atoms with E-state index in [2.05, 4.69) is 25.9 Å². The summed E-state index contributed by atoms with van der Waals surface area (Å²) in [5.41, 5.74) is 2.65. The Morgan fingerprint density at radius 3 is 2.73 bits per heavy atom. The number of ether oxygens (including phenoxy) is 1. The standard InChI is InChI=1S/C24H18BrN3O5/c1-12-5-7-15-16(10-12)27-24(26-15)28-20(18-4-3-9-33-18)19(22(30)23(28)31)21(29)13-6-8-17(32-2)14(25)11-13/h3-11,20,29H,1-2H3,(H,26,27)/b21-19+. The summed E-state index contributed by atoms with van der Waals surface area (Å²) >= 11 is 3.38. The van der Waals surface area contributed by atoms with Gasteiger partial charge >= 0.3 is 5.91 Å². The zero-order valence-electron chi connectivity index (χ0n) is 17.6. The third-order valence-corrected chi connectivity index (χ3v) is 6.16. The molecule has 5 rings (SSSR count). The number of fused-ring (bicyclic) bond motifs is 1. The van der Waals surface area contributed by atoms with Gasteiger partial charge in [0, 0.05) is 5.56 Å². The highest BCUT2D eigenvalue weighted by molar-refractivity contribution is 9.10. The molecule has 4 aromatic rings. The van der Waals surface area contributed by atoms with Crippen LogP contribution < -0.4 is 9.64 Å². The van der Waals surface area contributed by atoms with Crippen LogP contribution in [0, 0.1) is 6.92 Å². The fourth-order valence-corrected chi connectivity index (χ4v) is 4.50. The Hall–Kier alpha value is -3.85. The van der Waals surface area contributed by atoms with Crippen molar-refractivity contribution in [3.8, 4) is 5.75 Å². The fourth-order valence-electron chi connectivity index (χ4n) is 3.96. The molecule has 3 heterocycles. The van der Waals surface area contributed by atoms with E-state index in [9.17, 15) is 14.7 Å². The lowest BCUT2D eigenvalue weighted by Gasteiger charge is -2.20. The van der Waals surface area contributed by atoms with Crippen LogP contribution in [0.3, 0.4) is 0 Å². The maximum Gasteiger partial charge on any atom is 0.302 e. The van der Waals surface area contributed by atoms with Gasteiger partial charge in [-0.25, -0.2) is 4.98 Å². The van der Waals surface area contributed by atoms with Crippen molar-refractivity contribution in [1.82, 2.24) is 9.97 Å². The van der Waals surface area contributed by atoms with Crippen molar-refractivity contribution in [3.05, 3.63) is 81.7 Å². The van der Waals surface area contributed by atoms with E-state index >= 15 is 0 Å². The average Bonchev–Trinajstić information content (AvgIpc) is 3.52. The molecule has 1 aliphatic heterocycles. The number of Topliss-reactive ketones (excluding diaryl/α,β-unsaturated/α-hetero) is 1. The van der Waals surface area contributed by atoms with Gasteiger partial charge < -0.3 is 19.2 Å². The van der Waals surface area contributed by atoms with E-state index in [1.807, 2.05) is 25.1 Å². The average molecular weight is 508 g/mol. The van der Waals surface area contributed by atoms with Gasteiger partial charge in [-0.05, 0) is 70.9 Å². The second-order valence-electron chi connectivity index (χ2n) is 7.61. The number of anilines is 1. The second-order valence-corrected chi connectivity index (χ2v) is 8.47. The first kappa shape index (κ1) is 21.0. The van der Waals surface area contributed by atoms with Crippen LogP contribution in [0.1, 0.15) is 22.9 Å². The lowest BCUT2D eigenvalue weighted by atomic mass is 9.99. The number of aliphatic hydroxyl groups excluding tert-OH is 1. The zero-order chi connectivity index (χ0) is 23.3. The fraction of sp³-hybridized carbons (Fsp3) is 0.125. The summed E-state index contributed by atoms with van der Waals surface area (Å²) in [4.78, 5) is 35.2. The van der Waals surface area contributed by atoms with Gasteiger partial charge in [-0.1, -0.05) is 6.07 Å². The van der Waals surface area contributed by atoms with Crippen molar-refractivity contribution in [3.63, 3.8) is 0 Å². The van der Waals surface area contributed by atoms with E-state index in [4.69, 9.17) is 9.15 Å². The molecule has 8 nitrogen and oxygen atoms in total. The minimum atomic E-state index is -0.998. The third kappa shape index (κ3) is 3.41. The largest absolute Gasteiger partial charge is 0.507 e. The molecule has 1 aliphatic rings. The Labute approximate surface area is 196 Å². The number of aryl methyl sites for hydroxylation is 1. The number of benzene rings is 2. The third-order valence-electron chi connectivity index (χ3n) is 5.54. The second kappa shape index (κ2) is 7.93. The number of methoxy groups -OCH3 is 1. The molecule has 0 spiro atoms. The molecule has 1 fully saturated rings. The summed E-state index contributed by atoms with van der Waals surface area (Å²) in [6.07, 6.45) is 1.45. The summed E-state index contributed by atoms with van der Waals surface area (Å²) < 4.78 is 11.4. The molecule has 0 saturated carbocycles. The quantitative estimate of drug-likeness (QED) is 0.232. The smallest absolute Gasteiger partial charge is 0.302 e. The molecule has 0 radical (unpaired) electrons. The van der Waals surface area contributed by atoms with E-state index in [1.165, 1.54) is 18.3 Å². The summed E-state index contributed by atoms with van der Waals surface area (Å²) in [7, 11) is 1.52. The van der Waals surface area contributed by atoms with Crippen molar-refractivity contribution in [2.24, 2.45) is 0 Å². The number of amides is 1. The zero-order valence-corrected chi connectivity index (χ0v) is 19.2. The number of furan rings is 1. The van der Waals surface area contributed by atoms with Crippen LogP contribution in [-0.4, -0.2) is 33.9 Å². The number of halogens is 1. The summed E-state index contributed by atoms with van der Waals surface area (Å²) in [6, 6.07) is 12.8. The number of ketones is 1. The monoisotopic (exact) mass is 507 g/mol. The highest BCUT2D eigenvalue weighted by atomic mass is 79.9. The number of hydrogen-bond donors (Lipinski definition) is 2. The molecule has 2 N–H and O–H groups in total. The van der Waals surface area contributed by atoms with Gasteiger partial charge in [0.05, 0.1) is 34.5 Å². The molecule has 33 heavy (non-hydrogen) atoms. The number of nitrogens with one attached hydrogen (secondary N) is 1. The molecule has 2 aromatic carbocycles. The van der Waals surface area contributed by atoms with E-state index < -0.39 is 17.7 Å². The van der Waals surface area contributed by atoms with Crippen LogP contribution in [0.5, 0.6) is 5.75 Å². The van der Waals surface area contributed by atoms with Gasteiger partial charge in [0.15, 0.2) is 0 Å². The maximum absolute atomic E-state index is 13.2. The van der Waals surface area contributed by atoms with E-state index in [0.29, 0.717) is 27.1 Å². The van der Waals surface area contributed by atoms with Crippen LogP contribution in [0.4, 0.5) is 5.95 Å². The highest BCUT2D eigenvalue weighted by Gasteiger charge is 2.49. The number of carbonyl (C=O) groups excluding carboxylic acids is 2. The number of H-pyrrole nitrogens is 1. The Bertz CT molecular complexity index is 1440. The van der Waals surface area contributed by atoms with Crippen molar-refractivity contribution in [1.29, 1.82) is 0 Å². The Balaban J connectivity index is 1.70. The number of carbonyl (C=O) groups is 2. The molecular weight excluding hydrogens is 490 g/mol. The van der Waals surface area contributed by atoms with Gasteiger partial charge in [-0.15, -0.1) is 0 Å². The Morgan fingerprint density at radius 1 is 1.21 bits per heavy atom. The van der Waals surface area contributed by atoms with Crippen LogP contribution in [0.25, 0.3) is 16.8 Å². The molecule has 9 heteroatoms. The molecule has 1 saturated heterocycles. The predicted octanol–water partition coefficient (Wildman–Crippen LogP) is 4.86. The number of aromatic nitrogens is 2. The summed E-state index contributed by atoms with van der Waals surface area (Å²) in [6.45, 7) is 1.95. The Kier molecular flexibility index (Phi) is 5.05. The van der Waals surface area contributed by atoms with E-state index in [0.717, 1.165) is 11.1 Å². The van der Waals surface area contributed by atoms with Gasteiger partial charge in [-0.3, -0.25) is 14.5 Å². The van der Waals surface area contributed by atoms with Crippen molar-refractivity contribution in [2.75, 3.05) is 12.0 Å². The topological polar surface area (TPSA) is 109 Å². The minimum absolute atomic E-state index is 0.0938. The van der Waals surface area contributed by atoms with E-state index in [-0.39, 0.29) is 17.3 Å². The van der Waals surface area contributed by atoms with Crippen molar-refractivity contribution >= 4 is 50.4 Å². The maximum atomic E-state index is 13.2. The number of hydrogen-bond acceptors (Lipinski definition) is 6. The first-order valence-corrected chi connectivity index (χ1v) is 10.8. The number of imidazole rings is 1. The molecule has 0 aliphatic carbocycles. The van der Waals surface area contributed by atoms with Gasteiger partial charge in [0.1, 0.15) is 23.3 Å². The first-order chi connectivity index (χ1) is 15.9. The molecule has 166 valence electrons. The van der Waals surface area contributed by atoms with Gasteiger partial charge in [-0.2, -0.15) is 0 Å². The Morgan fingerprint density at radius 2 is 2.03 bits per heavy atom. The number of aromatic amines is 1. The lowest BCUT2D eigenvalue weighted by molar-refractivity contribution is -0.132. The molecule has 0 bridgehead atoms. The minimum Gasteiger partial charge on any atom is -0.507 e. The molecule has 1 unspecified atom stereocenters. The first-order valence-electron chi connectivity index (χ1n) is 10.0. The predicted molar refractivity (Wildman–Crippen MR) is 125 cm³/mol. The van der Waals surface area contributed by atoms with Gasteiger partial charge in [0.2, 0.25) is 5.95 Å². The summed E-state index contributed by atoms with van der Waals surface area (Å²) in [5.74, 6) is -0.910. The molecule has 1 atom stereocenters. The number of nitrogens with zero attached hydrogens (tertiary/aromatic N) is 2. The lowest BCUT2D eigenvalue weighted by Crippen LogP contribution is -2.30. The van der Waals surface area contributed by atoms with Crippen LogP contribution in [0.15, 0.2) is 69.3 Å². The number of rotatable bonds is 4. The SMILES string of the molecule is COc1ccc(/C(O)=C2\C(=O)C(=O)N(c3nc4ccc(C)cc4[nH]3)C2c2ccco2)cc1Br. The van der Waals surface area contributed by atoms with Crippen molar-refractivity contribution in [2.45, 2.75) is 13.0 Å². The van der Waals surface area contributed by atoms with Crippen molar-refractivity contribution < 1.29 is 23.8 Å². The number of aliphatic hydroxyl groups is 1. The van der Waals surface area contributed by atoms with Gasteiger partial charge in [0.25, 0.3) is 5.78 Å². The summed E-state index contributed by atoms with van der Waals surface area (Å²) in [5, 5.41) is 11.2. The van der Waals surface area contributed by atoms with Crippen LogP contribution in [-0.2, 0) is 9.59 Å². The molecule has 1 amide bonds. The van der Waals surface area contributed by atoms with Crippen LogP contribution >= 0.6 is 15.9 Å². The van der Waals surface area contributed by atoms with E-state index in [1.54, 1.807) is 30.3 Å². The highest BCUT2D eigenvalue weighted by Crippen LogP contribution is 2.42. The molecular formula is C24H18BrN3O5.